The second-order valence-electron chi connectivity index (χ2n) is 5.40. The van der Waals surface area contributed by atoms with Gasteiger partial charge in [-0.25, -0.2) is 0 Å². The van der Waals surface area contributed by atoms with Gasteiger partial charge in [0.25, 0.3) is 5.91 Å². The van der Waals surface area contributed by atoms with Crippen molar-refractivity contribution in [3.05, 3.63) is 70.5 Å². The summed E-state index contributed by atoms with van der Waals surface area (Å²) in [6.07, 6.45) is 0. The average molecular weight is 357 g/mol. The van der Waals surface area contributed by atoms with Gasteiger partial charge in [0.2, 0.25) is 0 Å². The third-order valence-electron chi connectivity index (χ3n) is 3.67. The molecule has 3 rings (SSSR count). The quantitative estimate of drug-likeness (QED) is 0.762. The lowest BCUT2D eigenvalue weighted by Gasteiger charge is -2.08. The van der Waals surface area contributed by atoms with Crippen LogP contribution in [0.2, 0.25) is 5.02 Å². The highest BCUT2D eigenvalue weighted by Crippen LogP contribution is 2.17. The van der Waals surface area contributed by atoms with E-state index in [1.54, 1.807) is 32.2 Å². The monoisotopic (exact) mass is 356 g/mol. The number of halogens is 1. The van der Waals surface area contributed by atoms with Gasteiger partial charge in [0.15, 0.2) is 5.69 Å². The molecular formula is C18H17ClN4O2. The number of nitrogens with one attached hydrogen (secondary N) is 1. The molecule has 6 nitrogen and oxygen atoms in total. The maximum absolute atomic E-state index is 12.5. The van der Waals surface area contributed by atoms with Crippen LogP contribution >= 0.6 is 11.6 Å². The van der Waals surface area contributed by atoms with Crippen LogP contribution in [0.1, 0.15) is 21.7 Å². The third-order valence-corrected chi connectivity index (χ3v) is 3.90. The maximum atomic E-state index is 12.5. The van der Waals surface area contributed by atoms with Gasteiger partial charge >= 0.3 is 0 Å². The Hall–Kier alpha value is -2.86. The Balaban J connectivity index is 1.77. The molecule has 128 valence electrons. The molecule has 0 aliphatic carbocycles. The van der Waals surface area contributed by atoms with Gasteiger partial charge in [-0.1, -0.05) is 35.9 Å². The number of hydrogen-bond acceptors (Lipinski definition) is 4. The topological polar surface area (TPSA) is 69.0 Å². The smallest absolute Gasteiger partial charge is 0.274 e. The molecule has 1 heterocycles. The predicted octanol–water partition coefficient (Wildman–Crippen LogP) is 3.17. The predicted molar refractivity (Wildman–Crippen MR) is 95.3 cm³/mol. The van der Waals surface area contributed by atoms with Crippen molar-refractivity contribution in [2.75, 3.05) is 7.11 Å². The summed E-state index contributed by atoms with van der Waals surface area (Å²) in [5, 5.41) is 12.0. The van der Waals surface area contributed by atoms with Crippen LogP contribution in [0.5, 0.6) is 5.75 Å². The molecule has 0 aliphatic rings. The van der Waals surface area contributed by atoms with E-state index >= 15 is 0 Å². The van der Waals surface area contributed by atoms with Crippen molar-refractivity contribution in [1.29, 1.82) is 0 Å². The van der Waals surface area contributed by atoms with Crippen LogP contribution in [0, 0.1) is 6.92 Å². The number of benzene rings is 2. The molecule has 7 heteroatoms. The second-order valence-corrected chi connectivity index (χ2v) is 5.83. The van der Waals surface area contributed by atoms with Gasteiger partial charge in [0.1, 0.15) is 5.75 Å². The van der Waals surface area contributed by atoms with Gasteiger partial charge in [-0.3, -0.25) is 4.79 Å². The Bertz CT molecular complexity index is 908. The zero-order valence-electron chi connectivity index (χ0n) is 13.9. The van der Waals surface area contributed by atoms with Crippen molar-refractivity contribution >= 4 is 17.5 Å². The second kappa shape index (κ2) is 7.36. The number of para-hydroxylation sites is 1. The Morgan fingerprint density at radius 1 is 1.20 bits per heavy atom. The summed E-state index contributed by atoms with van der Waals surface area (Å²) in [5.41, 5.74) is 2.39. The third kappa shape index (κ3) is 3.80. The zero-order chi connectivity index (χ0) is 17.8. The number of rotatable bonds is 5. The van der Waals surface area contributed by atoms with E-state index in [2.05, 4.69) is 15.5 Å². The molecule has 1 N–H and O–H groups in total. The Morgan fingerprint density at radius 2 is 2.00 bits per heavy atom. The van der Waals surface area contributed by atoms with Crippen LogP contribution in [0.25, 0.3) is 5.69 Å². The van der Waals surface area contributed by atoms with E-state index in [0.29, 0.717) is 22.9 Å². The number of aromatic nitrogens is 3. The SMILES string of the molecule is COc1ccccc1CNC(=O)c1nn(-c2cccc(Cl)c2)nc1C. The molecule has 25 heavy (non-hydrogen) atoms. The van der Waals surface area contributed by atoms with Gasteiger partial charge in [-0.15, -0.1) is 5.10 Å². The molecule has 0 spiro atoms. The summed E-state index contributed by atoms with van der Waals surface area (Å²) in [7, 11) is 1.60. The molecule has 0 radical (unpaired) electrons. The summed E-state index contributed by atoms with van der Waals surface area (Å²) in [6, 6.07) is 14.6. The molecule has 1 aromatic heterocycles. The first kappa shape index (κ1) is 17.0. The normalized spacial score (nSPS) is 10.5. The van der Waals surface area contributed by atoms with Crippen LogP contribution in [-0.2, 0) is 6.54 Å². The fourth-order valence-electron chi connectivity index (χ4n) is 2.41. The summed E-state index contributed by atoms with van der Waals surface area (Å²) in [6.45, 7) is 2.08. The first-order valence-corrected chi connectivity index (χ1v) is 8.06. The van der Waals surface area contributed by atoms with Crippen LogP contribution in [0.3, 0.4) is 0 Å². The molecule has 0 bridgehead atoms. The van der Waals surface area contributed by atoms with E-state index < -0.39 is 0 Å². The lowest BCUT2D eigenvalue weighted by Crippen LogP contribution is -2.24. The minimum atomic E-state index is -0.295. The number of amides is 1. The highest BCUT2D eigenvalue weighted by Gasteiger charge is 2.16. The van der Waals surface area contributed by atoms with Crippen LogP contribution in [0.4, 0.5) is 0 Å². The standard InChI is InChI=1S/C18H17ClN4O2/c1-12-17(22-23(21-12)15-8-5-7-14(19)10-15)18(24)20-11-13-6-3-4-9-16(13)25-2/h3-10H,11H2,1-2H3,(H,20,24). The first-order valence-electron chi connectivity index (χ1n) is 7.68. The molecule has 3 aromatic rings. The molecule has 0 saturated heterocycles. The van der Waals surface area contributed by atoms with Crippen LogP contribution in [0.15, 0.2) is 48.5 Å². The number of nitrogens with zero attached hydrogens (tertiary/aromatic N) is 3. The summed E-state index contributed by atoms with van der Waals surface area (Å²) in [4.78, 5) is 13.9. The molecule has 2 aromatic carbocycles. The fraction of sp³-hybridized carbons (Fsp3) is 0.167. The van der Waals surface area contributed by atoms with E-state index in [0.717, 1.165) is 11.3 Å². The molecule has 0 atom stereocenters. The summed E-state index contributed by atoms with van der Waals surface area (Å²) >= 11 is 5.99. The van der Waals surface area contributed by atoms with Crippen LogP contribution in [-0.4, -0.2) is 28.0 Å². The minimum Gasteiger partial charge on any atom is -0.496 e. The molecule has 0 aliphatic heterocycles. The van der Waals surface area contributed by atoms with Crippen molar-refractivity contribution in [3.8, 4) is 11.4 Å². The van der Waals surface area contributed by atoms with Gasteiger partial charge in [0, 0.05) is 17.1 Å². The molecule has 0 saturated carbocycles. The number of carbonyl (C=O) groups is 1. The van der Waals surface area contributed by atoms with E-state index in [4.69, 9.17) is 16.3 Å². The van der Waals surface area contributed by atoms with Gasteiger partial charge < -0.3 is 10.1 Å². The number of hydrogen-bond donors (Lipinski definition) is 1. The number of ether oxygens (including phenoxy) is 1. The van der Waals surface area contributed by atoms with Crippen molar-refractivity contribution in [2.24, 2.45) is 0 Å². The highest BCUT2D eigenvalue weighted by molar-refractivity contribution is 6.30. The minimum absolute atomic E-state index is 0.273. The van der Waals surface area contributed by atoms with Crippen molar-refractivity contribution < 1.29 is 9.53 Å². The Labute approximate surface area is 150 Å². The largest absolute Gasteiger partial charge is 0.496 e. The Morgan fingerprint density at radius 3 is 2.76 bits per heavy atom. The average Bonchev–Trinajstić information content (AvgIpc) is 3.02. The lowest BCUT2D eigenvalue weighted by molar-refractivity contribution is 0.0944. The Kier molecular flexibility index (Phi) is 5.00. The lowest BCUT2D eigenvalue weighted by atomic mass is 10.2. The molecule has 0 fully saturated rings. The summed E-state index contributed by atoms with van der Waals surface area (Å²) < 4.78 is 5.28. The fourth-order valence-corrected chi connectivity index (χ4v) is 2.60. The van der Waals surface area contributed by atoms with Crippen molar-refractivity contribution in [3.63, 3.8) is 0 Å². The number of carbonyl (C=O) groups excluding carboxylic acids is 1. The number of aryl methyl sites for hydroxylation is 1. The highest BCUT2D eigenvalue weighted by atomic mass is 35.5. The van der Waals surface area contributed by atoms with E-state index in [-0.39, 0.29) is 11.6 Å². The summed E-state index contributed by atoms with van der Waals surface area (Å²) in [5.74, 6) is 0.429. The van der Waals surface area contributed by atoms with Crippen LogP contribution < -0.4 is 10.1 Å². The number of methoxy groups -OCH3 is 1. The van der Waals surface area contributed by atoms with Crippen molar-refractivity contribution in [1.82, 2.24) is 20.3 Å². The first-order chi connectivity index (χ1) is 12.1. The van der Waals surface area contributed by atoms with E-state index in [9.17, 15) is 4.79 Å². The van der Waals surface area contributed by atoms with Gasteiger partial charge in [-0.05, 0) is 31.2 Å². The molecular weight excluding hydrogens is 340 g/mol. The van der Waals surface area contributed by atoms with Gasteiger partial charge in [0.05, 0.1) is 18.5 Å². The molecule has 0 unspecified atom stereocenters. The zero-order valence-corrected chi connectivity index (χ0v) is 14.6. The van der Waals surface area contributed by atoms with E-state index in [1.807, 2.05) is 30.3 Å². The van der Waals surface area contributed by atoms with Crippen molar-refractivity contribution in [2.45, 2.75) is 13.5 Å². The van der Waals surface area contributed by atoms with E-state index in [1.165, 1.54) is 4.80 Å². The maximum Gasteiger partial charge on any atom is 0.274 e. The van der Waals surface area contributed by atoms with Gasteiger partial charge in [-0.2, -0.15) is 9.90 Å². The molecule has 1 amide bonds.